The van der Waals surface area contributed by atoms with Gasteiger partial charge in [-0.3, -0.25) is 0 Å². The Morgan fingerprint density at radius 1 is 0.968 bits per heavy atom. The summed E-state index contributed by atoms with van der Waals surface area (Å²) < 4.78 is 15.3. The molecule has 6 nitrogen and oxygen atoms in total. The molecule has 0 fully saturated rings. The van der Waals surface area contributed by atoms with Gasteiger partial charge in [0.15, 0.2) is 5.65 Å². The Hall–Kier alpha value is -2.86. The summed E-state index contributed by atoms with van der Waals surface area (Å²) in [5, 5.41) is 6.13. The first-order valence-corrected chi connectivity index (χ1v) is 10.9. The third kappa shape index (κ3) is 3.49. The van der Waals surface area contributed by atoms with Gasteiger partial charge in [-0.15, -0.1) is 0 Å². The second kappa shape index (κ2) is 8.35. The lowest BCUT2D eigenvalue weighted by molar-refractivity contribution is 0.187. The molecule has 164 valence electrons. The summed E-state index contributed by atoms with van der Waals surface area (Å²) in [4.78, 5) is 5.03. The van der Waals surface area contributed by atoms with Crippen LogP contribution in [-0.4, -0.2) is 40.0 Å². The standard InChI is InChI=1S/C25H32N4O2/c1-8-9-19-14-21-17(4)26-24-23(20-12-16(3)22(31-7)13-15(20)2)18(5)27-29(24)25(21)28(19)10-11-30-6/h12-14H,8-11H2,1-7H3. The lowest BCUT2D eigenvalue weighted by Gasteiger charge is -2.12. The van der Waals surface area contributed by atoms with Gasteiger partial charge in [0.1, 0.15) is 11.4 Å². The first-order chi connectivity index (χ1) is 14.9. The minimum Gasteiger partial charge on any atom is -0.496 e. The van der Waals surface area contributed by atoms with Crippen molar-refractivity contribution in [2.24, 2.45) is 0 Å². The van der Waals surface area contributed by atoms with E-state index in [0.29, 0.717) is 6.61 Å². The number of benzene rings is 1. The number of methoxy groups -OCH3 is 2. The van der Waals surface area contributed by atoms with Crippen molar-refractivity contribution >= 4 is 16.7 Å². The fraction of sp³-hybridized carbons (Fsp3) is 0.440. The van der Waals surface area contributed by atoms with E-state index in [1.54, 1.807) is 14.2 Å². The number of ether oxygens (including phenoxy) is 2. The van der Waals surface area contributed by atoms with Crippen molar-refractivity contribution in [1.82, 2.24) is 19.2 Å². The molecule has 0 N–H and O–H groups in total. The summed E-state index contributed by atoms with van der Waals surface area (Å²) in [7, 11) is 3.46. The predicted molar refractivity (Wildman–Crippen MR) is 125 cm³/mol. The summed E-state index contributed by atoms with van der Waals surface area (Å²) in [5.74, 6) is 0.902. The van der Waals surface area contributed by atoms with E-state index in [0.717, 1.165) is 75.5 Å². The summed E-state index contributed by atoms with van der Waals surface area (Å²) >= 11 is 0. The van der Waals surface area contributed by atoms with Gasteiger partial charge in [-0.25, -0.2) is 4.98 Å². The topological polar surface area (TPSA) is 53.6 Å². The summed E-state index contributed by atoms with van der Waals surface area (Å²) in [6.45, 7) is 12.0. The van der Waals surface area contributed by atoms with E-state index < -0.39 is 0 Å². The van der Waals surface area contributed by atoms with Crippen LogP contribution in [0.5, 0.6) is 5.75 Å². The zero-order chi connectivity index (χ0) is 22.3. The zero-order valence-electron chi connectivity index (χ0n) is 19.7. The Labute approximate surface area is 183 Å². The molecular formula is C25H32N4O2. The van der Waals surface area contributed by atoms with E-state index in [1.807, 2.05) is 4.52 Å². The van der Waals surface area contributed by atoms with Gasteiger partial charge < -0.3 is 14.0 Å². The quantitative estimate of drug-likeness (QED) is 0.413. The highest BCUT2D eigenvalue weighted by Crippen LogP contribution is 2.36. The molecule has 1 aromatic carbocycles. The van der Waals surface area contributed by atoms with E-state index in [2.05, 4.69) is 57.4 Å². The number of hydrogen-bond acceptors (Lipinski definition) is 4. The number of aryl methyl sites for hydroxylation is 5. The molecule has 0 radical (unpaired) electrons. The van der Waals surface area contributed by atoms with E-state index in [-0.39, 0.29) is 0 Å². The van der Waals surface area contributed by atoms with Gasteiger partial charge >= 0.3 is 0 Å². The van der Waals surface area contributed by atoms with Crippen molar-refractivity contribution in [3.05, 3.63) is 46.4 Å². The Bertz CT molecular complexity index is 1270. The molecule has 0 unspecified atom stereocenters. The molecule has 0 aliphatic heterocycles. The fourth-order valence-corrected chi connectivity index (χ4v) is 4.56. The predicted octanol–water partition coefficient (Wildman–Crippen LogP) is 5.19. The lowest BCUT2D eigenvalue weighted by atomic mass is 9.98. The highest BCUT2D eigenvalue weighted by molar-refractivity contribution is 5.89. The van der Waals surface area contributed by atoms with Gasteiger partial charge in [0.25, 0.3) is 0 Å². The maximum absolute atomic E-state index is 5.52. The second-order valence-electron chi connectivity index (χ2n) is 8.30. The van der Waals surface area contributed by atoms with Crippen LogP contribution in [0.2, 0.25) is 0 Å². The highest BCUT2D eigenvalue weighted by Gasteiger charge is 2.22. The van der Waals surface area contributed by atoms with Crippen LogP contribution in [0.4, 0.5) is 0 Å². The van der Waals surface area contributed by atoms with E-state index in [1.165, 1.54) is 5.69 Å². The van der Waals surface area contributed by atoms with Crippen molar-refractivity contribution < 1.29 is 9.47 Å². The molecular weight excluding hydrogens is 388 g/mol. The van der Waals surface area contributed by atoms with Gasteiger partial charge in [0, 0.05) is 30.3 Å². The molecule has 3 heterocycles. The monoisotopic (exact) mass is 420 g/mol. The lowest BCUT2D eigenvalue weighted by Crippen LogP contribution is -2.10. The molecule has 0 amide bonds. The van der Waals surface area contributed by atoms with E-state index in [4.69, 9.17) is 19.6 Å². The molecule has 0 spiro atoms. The minimum absolute atomic E-state index is 0.660. The maximum Gasteiger partial charge on any atom is 0.165 e. The van der Waals surface area contributed by atoms with Crippen molar-refractivity contribution in [3.8, 4) is 16.9 Å². The third-order valence-electron chi connectivity index (χ3n) is 6.09. The summed E-state index contributed by atoms with van der Waals surface area (Å²) in [6, 6.07) is 6.56. The molecule has 6 heteroatoms. The molecule has 0 bridgehead atoms. The van der Waals surface area contributed by atoms with Crippen molar-refractivity contribution in [3.63, 3.8) is 0 Å². The summed E-state index contributed by atoms with van der Waals surface area (Å²) in [5.41, 5.74) is 9.80. The molecule has 3 aromatic heterocycles. The Morgan fingerprint density at radius 3 is 2.42 bits per heavy atom. The van der Waals surface area contributed by atoms with Gasteiger partial charge in [-0.05, 0) is 69.0 Å². The first kappa shape index (κ1) is 21.4. The molecule has 0 saturated carbocycles. The van der Waals surface area contributed by atoms with Crippen LogP contribution >= 0.6 is 0 Å². The minimum atomic E-state index is 0.660. The van der Waals surface area contributed by atoms with E-state index in [9.17, 15) is 0 Å². The van der Waals surface area contributed by atoms with Crippen molar-refractivity contribution in [2.45, 2.75) is 54.0 Å². The summed E-state index contributed by atoms with van der Waals surface area (Å²) in [6.07, 6.45) is 2.11. The maximum atomic E-state index is 5.52. The van der Waals surface area contributed by atoms with Crippen LogP contribution in [0.1, 0.15) is 41.6 Å². The van der Waals surface area contributed by atoms with E-state index >= 15 is 0 Å². The van der Waals surface area contributed by atoms with Gasteiger partial charge in [-0.2, -0.15) is 9.61 Å². The van der Waals surface area contributed by atoms with Crippen molar-refractivity contribution in [1.29, 1.82) is 0 Å². The van der Waals surface area contributed by atoms with Gasteiger partial charge in [0.2, 0.25) is 0 Å². The number of nitrogens with zero attached hydrogens (tertiary/aromatic N) is 4. The largest absolute Gasteiger partial charge is 0.496 e. The molecule has 0 saturated heterocycles. The highest BCUT2D eigenvalue weighted by atomic mass is 16.5. The molecule has 0 aliphatic carbocycles. The number of fused-ring (bicyclic) bond motifs is 3. The first-order valence-electron chi connectivity index (χ1n) is 10.9. The molecule has 4 rings (SSSR count). The molecule has 31 heavy (non-hydrogen) atoms. The fourth-order valence-electron chi connectivity index (χ4n) is 4.56. The molecule has 0 aliphatic rings. The Balaban J connectivity index is 2.05. The average Bonchev–Trinajstić information content (AvgIpc) is 3.25. The third-order valence-corrected chi connectivity index (χ3v) is 6.09. The normalized spacial score (nSPS) is 11.7. The number of rotatable bonds is 7. The zero-order valence-corrected chi connectivity index (χ0v) is 19.7. The van der Waals surface area contributed by atoms with Crippen LogP contribution in [0, 0.1) is 27.7 Å². The SMILES string of the molecule is CCCc1cc2c(C)nc3c(-c4cc(C)c(OC)cc4C)c(C)nn3c2n1CCOC. The van der Waals surface area contributed by atoms with Crippen LogP contribution in [0.15, 0.2) is 18.2 Å². The van der Waals surface area contributed by atoms with Crippen molar-refractivity contribution in [2.75, 3.05) is 20.8 Å². The second-order valence-corrected chi connectivity index (χ2v) is 8.30. The number of hydrogen-bond donors (Lipinski definition) is 0. The van der Waals surface area contributed by atoms with Crippen LogP contribution in [0.3, 0.4) is 0 Å². The van der Waals surface area contributed by atoms with Gasteiger partial charge in [0.05, 0.1) is 25.1 Å². The average molecular weight is 421 g/mol. The number of aromatic nitrogens is 4. The molecule has 0 atom stereocenters. The smallest absolute Gasteiger partial charge is 0.165 e. The van der Waals surface area contributed by atoms with Gasteiger partial charge in [-0.1, -0.05) is 13.3 Å². The van der Waals surface area contributed by atoms with Crippen LogP contribution < -0.4 is 4.74 Å². The van der Waals surface area contributed by atoms with Crippen LogP contribution in [-0.2, 0) is 17.7 Å². The molecule has 4 aromatic rings. The Kier molecular flexibility index (Phi) is 5.75. The Morgan fingerprint density at radius 2 is 1.74 bits per heavy atom. The van der Waals surface area contributed by atoms with Crippen LogP contribution in [0.25, 0.3) is 27.8 Å².